The highest BCUT2D eigenvalue weighted by molar-refractivity contribution is 5.94. The van der Waals surface area contributed by atoms with Crippen LogP contribution < -0.4 is 4.74 Å². The van der Waals surface area contributed by atoms with Crippen LogP contribution in [0.25, 0.3) is 0 Å². The molecular formula is C24H28N4O4. The van der Waals surface area contributed by atoms with E-state index >= 15 is 0 Å². The number of benzene rings is 1. The first-order chi connectivity index (χ1) is 15.4. The summed E-state index contributed by atoms with van der Waals surface area (Å²) in [7, 11) is 1.93. The molecule has 0 radical (unpaired) electrons. The number of hydrogen-bond donors (Lipinski definition) is 0. The summed E-state index contributed by atoms with van der Waals surface area (Å²) < 4.78 is 13.3. The Labute approximate surface area is 187 Å². The predicted octanol–water partition coefficient (Wildman–Crippen LogP) is 3.06. The Morgan fingerprint density at radius 3 is 2.41 bits per heavy atom. The van der Waals surface area contributed by atoms with Crippen LogP contribution in [-0.2, 0) is 20.2 Å². The number of amides is 1. The lowest BCUT2D eigenvalue weighted by Crippen LogP contribution is -2.48. The van der Waals surface area contributed by atoms with Gasteiger partial charge in [0.2, 0.25) is 0 Å². The number of hydrogen-bond acceptors (Lipinski definition) is 6. The number of Topliss-reactive ketones (excluding diaryl/α,β-unsaturated/α-hetero) is 1. The minimum absolute atomic E-state index is 0.0127. The molecule has 3 aromatic rings. The SMILES string of the molecule is CC(=O)c1ccc(OCc2ccc(C(=O)N3CCN(Cc4cn(C)nc4C)CC3)o2)cc1. The molecule has 1 fully saturated rings. The van der Waals surface area contributed by atoms with E-state index in [-0.39, 0.29) is 18.3 Å². The van der Waals surface area contributed by atoms with Gasteiger partial charge in [-0.3, -0.25) is 19.2 Å². The van der Waals surface area contributed by atoms with Crippen molar-refractivity contribution in [1.29, 1.82) is 0 Å². The van der Waals surface area contributed by atoms with E-state index in [1.54, 1.807) is 36.4 Å². The quantitative estimate of drug-likeness (QED) is 0.530. The maximum Gasteiger partial charge on any atom is 0.289 e. The molecule has 1 aliphatic heterocycles. The average molecular weight is 437 g/mol. The second-order valence-corrected chi connectivity index (χ2v) is 8.12. The van der Waals surface area contributed by atoms with E-state index in [0.717, 1.165) is 25.3 Å². The molecule has 1 aromatic carbocycles. The zero-order valence-electron chi connectivity index (χ0n) is 18.7. The van der Waals surface area contributed by atoms with Crippen LogP contribution in [0.4, 0.5) is 0 Å². The number of furan rings is 1. The number of carbonyl (C=O) groups is 2. The van der Waals surface area contributed by atoms with Crippen molar-refractivity contribution in [1.82, 2.24) is 19.6 Å². The van der Waals surface area contributed by atoms with Crippen molar-refractivity contribution in [2.24, 2.45) is 7.05 Å². The number of aryl methyl sites for hydroxylation is 2. The molecule has 0 aliphatic carbocycles. The van der Waals surface area contributed by atoms with Crippen LogP contribution in [0.5, 0.6) is 5.75 Å². The van der Waals surface area contributed by atoms with Crippen LogP contribution >= 0.6 is 0 Å². The number of nitrogens with zero attached hydrogens (tertiary/aromatic N) is 4. The largest absolute Gasteiger partial charge is 0.486 e. The van der Waals surface area contributed by atoms with Gasteiger partial charge < -0.3 is 14.1 Å². The molecule has 1 saturated heterocycles. The number of rotatable bonds is 7. The summed E-state index contributed by atoms with van der Waals surface area (Å²) in [4.78, 5) is 28.4. The Kier molecular flexibility index (Phi) is 6.41. The molecular weight excluding hydrogens is 408 g/mol. The molecule has 0 atom stereocenters. The standard InChI is InChI=1S/C24H28N4O4/c1-17-20(14-26(3)25-17)15-27-10-12-28(13-11-27)24(30)23-9-8-22(32-23)16-31-21-6-4-19(5-7-21)18(2)29/h4-9,14H,10-13,15-16H2,1-3H3. The van der Waals surface area contributed by atoms with Gasteiger partial charge in [-0.15, -0.1) is 0 Å². The second kappa shape index (κ2) is 9.40. The van der Waals surface area contributed by atoms with Crippen molar-refractivity contribution in [2.45, 2.75) is 27.0 Å². The molecule has 3 heterocycles. The summed E-state index contributed by atoms with van der Waals surface area (Å²) in [6.45, 7) is 7.55. The van der Waals surface area contributed by atoms with E-state index in [1.165, 1.54) is 12.5 Å². The van der Waals surface area contributed by atoms with Crippen molar-refractivity contribution >= 4 is 11.7 Å². The Morgan fingerprint density at radius 2 is 1.78 bits per heavy atom. The summed E-state index contributed by atoms with van der Waals surface area (Å²) in [5.41, 5.74) is 2.91. The number of ether oxygens (including phenoxy) is 1. The molecule has 0 bridgehead atoms. The van der Waals surface area contributed by atoms with Gasteiger partial charge in [0.25, 0.3) is 5.91 Å². The fourth-order valence-corrected chi connectivity index (χ4v) is 3.82. The van der Waals surface area contributed by atoms with Gasteiger partial charge in [-0.1, -0.05) is 0 Å². The molecule has 4 rings (SSSR count). The minimum Gasteiger partial charge on any atom is -0.486 e. The molecule has 2 aromatic heterocycles. The average Bonchev–Trinajstić information content (AvgIpc) is 3.38. The van der Waals surface area contributed by atoms with Gasteiger partial charge in [0, 0.05) is 57.1 Å². The summed E-state index contributed by atoms with van der Waals surface area (Å²) in [6.07, 6.45) is 2.05. The van der Waals surface area contributed by atoms with Gasteiger partial charge in [0.05, 0.1) is 5.69 Å². The molecule has 8 heteroatoms. The first-order valence-electron chi connectivity index (χ1n) is 10.7. The maximum absolute atomic E-state index is 12.8. The third-order valence-electron chi connectivity index (χ3n) is 5.68. The smallest absolute Gasteiger partial charge is 0.289 e. The lowest BCUT2D eigenvalue weighted by Gasteiger charge is -2.34. The molecule has 0 N–H and O–H groups in total. The van der Waals surface area contributed by atoms with E-state index in [9.17, 15) is 9.59 Å². The third-order valence-corrected chi connectivity index (χ3v) is 5.68. The van der Waals surface area contributed by atoms with Gasteiger partial charge in [-0.05, 0) is 50.2 Å². The first kappa shape index (κ1) is 21.8. The lowest BCUT2D eigenvalue weighted by atomic mass is 10.1. The van der Waals surface area contributed by atoms with Crippen LogP contribution in [-0.4, -0.2) is 57.4 Å². The Hall–Kier alpha value is -3.39. The normalized spacial score (nSPS) is 14.5. The van der Waals surface area contributed by atoms with Crippen LogP contribution in [0, 0.1) is 6.92 Å². The van der Waals surface area contributed by atoms with Crippen LogP contribution in [0.1, 0.15) is 44.9 Å². The lowest BCUT2D eigenvalue weighted by molar-refractivity contribution is 0.0593. The van der Waals surface area contributed by atoms with Crippen molar-refractivity contribution < 1.29 is 18.7 Å². The zero-order valence-corrected chi connectivity index (χ0v) is 18.7. The van der Waals surface area contributed by atoms with Crippen LogP contribution in [0.2, 0.25) is 0 Å². The summed E-state index contributed by atoms with van der Waals surface area (Å²) in [6, 6.07) is 10.4. The zero-order chi connectivity index (χ0) is 22.7. The molecule has 168 valence electrons. The van der Waals surface area contributed by atoms with Gasteiger partial charge in [-0.25, -0.2) is 0 Å². The maximum atomic E-state index is 12.8. The summed E-state index contributed by atoms with van der Waals surface area (Å²) in [5, 5.41) is 4.40. The van der Waals surface area contributed by atoms with E-state index in [1.807, 2.05) is 23.6 Å². The monoisotopic (exact) mass is 436 g/mol. The van der Waals surface area contributed by atoms with Gasteiger partial charge in [0.15, 0.2) is 11.5 Å². The number of aromatic nitrogens is 2. The van der Waals surface area contributed by atoms with E-state index in [4.69, 9.17) is 9.15 Å². The Morgan fingerprint density at radius 1 is 1.06 bits per heavy atom. The fraction of sp³-hybridized carbons (Fsp3) is 0.375. The van der Waals surface area contributed by atoms with E-state index in [2.05, 4.69) is 16.2 Å². The summed E-state index contributed by atoms with van der Waals surface area (Å²) >= 11 is 0. The van der Waals surface area contributed by atoms with Gasteiger partial charge >= 0.3 is 0 Å². The molecule has 1 amide bonds. The number of ketones is 1. The topological polar surface area (TPSA) is 80.8 Å². The van der Waals surface area contributed by atoms with Crippen molar-refractivity contribution in [3.63, 3.8) is 0 Å². The van der Waals surface area contributed by atoms with Gasteiger partial charge in [-0.2, -0.15) is 5.10 Å². The van der Waals surface area contributed by atoms with E-state index in [0.29, 0.717) is 35.9 Å². The third kappa shape index (κ3) is 5.08. The molecule has 1 aliphatic rings. The Bertz CT molecular complexity index is 1090. The molecule has 8 nitrogen and oxygen atoms in total. The fourth-order valence-electron chi connectivity index (χ4n) is 3.82. The highest BCUT2D eigenvalue weighted by atomic mass is 16.5. The van der Waals surface area contributed by atoms with Crippen LogP contribution in [0.3, 0.4) is 0 Å². The van der Waals surface area contributed by atoms with Crippen molar-refractivity contribution in [2.75, 3.05) is 26.2 Å². The summed E-state index contributed by atoms with van der Waals surface area (Å²) in [5.74, 6) is 1.46. The van der Waals surface area contributed by atoms with Gasteiger partial charge in [0.1, 0.15) is 18.1 Å². The first-order valence-corrected chi connectivity index (χ1v) is 10.7. The van der Waals surface area contributed by atoms with Crippen molar-refractivity contribution in [3.8, 4) is 5.75 Å². The molecule has 0 spiro atoms. The van der Waals surface area contributed by atoms with Crippen molar-refractivity contribution in [3.05, 3.63) is 70.9 Å². The highest BCUT2D eigenvalue weighted by Gasteiger charge is 2.25. The molecule has 0 saturated carbocycles. The number of piperazine rings is 1. The highest BCUT2D eigenvalue weighted by Crippen LogP contribution is 2.18. The van der Waals surface area contributed by atoms with E-state index < -0.39 is 0 Å². The predicted molar refractivity (Wildman–Crippen MR) is 119 cm³/mol. The Balaban J connectivity index is 1.27. The second-order valence-electron chi connectivity index (χ2n) is 8.12. The molecule has 0 unspecified atom stereocenters. The van der Waals surface area contributed by atoms with Crippen LogP contribution in [0.15, 0.2) is 47.0 Å². The molecule has 32 heavy (non-hydrogen) atoms. The minimum atomic E-state index is -0.0979. The number of carbonyl (C=O) groups excluding carboxylic acids is 2.